The summed E-state index contributed by atoms with van der Waals surface area (Å²) < 4.78 is 0.595. The van der Waals surface area contributed by atoms with Gasteiger partial charge in [0.05, 0.1) is 0 Å². The molecule has 0 spiro atoms. The zero-order valence-corrected chi connectivity index (χ0v) is 10.0. The standard InChI is InChI=1S/C10H14N2OS2/c13-9-8(15-10(14)12-9)6-11-7-4-2-1-3-5-7/h6-7,13H,1-5H2,(H,12,14). The molecular formula is C10H14N2OS2. The first-order valence-corrected chi connectivity index (χ1v) is 6.43. The maximum absolute atomic E-state index is 9.46. The van der Waals surface area contributed by atoms with E-state index in [0.29, 0.717) is 10.00 Å². The van der Waals surface area contributed by atoms with Gasteiger partial charge < -0.3 is 10.1 Å². The molecule has 1 heterocycles. The molecule has 2 N–H and O–H groups in total. The number of hydrogen-bond donors (Lipinski definition) is 2. The van der Waals surface area contributed by atoms with E-state index in [0.717, 1.165) is 4.88 Å². The van der Waals surface area contributed by atoms with E-state index >= 15 is 0 Å². The van der Waals surface area contributed by atoms with E-state index in [2.05, 4.69) is 9.98 Å². The number of aromatic nitrogens is 1. The molecule has 0 aliphatic heterocycles. The molecule has 0 unspecified atom stereocenters. The Kier molecular flexibility index (Phi) is 3.53. The minimum atomic E-state index is 0.143. The summed E-state index contributed by atoms with van der Waals surface area (Å²) in [6.07, 6.45) is 7.98. The van der Waals surface area contributed by atoms with Gasteiger partial charge in [-0.1, -0.05) is 30.6 Å². The van der Waals surface area contributed by atoms with Gasteiger partial charge in [-0.25, -0.2) is 0 Å². The van der Waals surface area contributed by atoms with Crippen molar-refractivity contribution in [3.05, 3.63) is 8.83 Å². The van der Waals surface area contributed by atoms with Crippen LogP contribution in [0.5, 0.6) is 5.88 Å². The Balaban J connectivity index is 2.03. The summed E-state index contributed by atoms with van der Waals surface area (Å²) in [5, 5.41) is 9.46. The van der Waals surface area contributed by atoms with Crippen molar-refractivity contribution in [2.45, 2.75) is 38.1 Å². The Morgan fingerprint density at radius 3 is 2.73 bits per heavy atom. The minimum absolute atomic E-state index is 0.143. The Labute approximate surface area is 97.9 Å². The summed E-state index contributed by atoms with van der Waals surface area (Å²) in [4.78, 5) is 7.92. The molecule has 1 aliphatic carbocycles. The van der Waals surface area contributed by atoms with E-state index in [4.69, 9.17) is 12.2 Å². The normalized spacial score (nSPS) is 18.7. The van der Waals surface area contributed by atoms with Crippen molar-refractivity contribution < 1.29 is 5.11 Å². The predicted octanol–water partition coefficient (Wildman–Crippen LogP) is 3.26. The van der Waals surface area contributed by atoms with E-state index in [-0.39, 0.29) is 5.88 Å². The molecule has 1 fully saturated rings. The molecule has 1 aromatic heterocycles. The minimum Gasteiger partial charge on any atom is -0.494 e. The number of aromatic hydroxyl groups is 1. The number of H-pyrrole nitrogens is 1. The summed E-state index contributed by atoms with van der Waals surface area (Å²) >= 11 is 6.30. The lowest BCUT2D eigenvalue weighted by atomic mass is 9.96. The van der Waals surface area contributed by atoms with E-state index in [1.165, 1.54) is 43.4 Å². The zero-order chi connectivity index (χ0) is 10.7. The lowest BCUT2D eigenvalue weighted by Gasteiger charge is -2.16. The Hall–Kier alpha value is -0.680. The maximum Gasteiger partial charge on any atom is 0.209 e. The van der Waals surface area contributed by atoms with Gasteiger partial charge in [-0.3, -0.25) is 4.99 Å². The van der Waals surface area contributed by atoms with Crippen LogP contribution in [0, 0.1) is 3.95 Å². The summed E-state index contributed by atoms with van der Waals surface area (Å²) in [6.45, 7) is 0. The molecule has 0 saturated heterocycles. The molecule has 0 amide bonds. The number of rotatable bonds is 2. The van der Waals surface area contributed by atoms with Gasteiger partial charge in [0.15, 0.2) is 3.95 Å². The molecule has 5 heteroatoms. The fourth-order valence-corrected chi connectivity index (χ4v) is 2.80. The van der Waals surface area contributed by atoms with Crippen LogP contribution in [0.3, 0.4) is 0 Å². The van der Waals surface area contributed by atoms with Crippen LogP contribution >= 0.6 is 23.6 Å². The average Bonchev–Trinajstić information content (AvgIpc) is 2.56. The van der Waals surface area contributed by atoms with Crippen molar-refractivity contribution in [1.29, 1.82) is 0 Å². The summed E-state index contributed by atoms with van der Waals surface area (Å²) in [7, 11) is 0. The zero-order valence-electron chi connectivity index (χ0n) is 8.40. The molecule has 0 radical (unpaired) electrons. The van der Waals surface area contributed by atoms with Crippen molar-refractivity contribution in [3.63, 3.8) is 0 Å². The summed E-state index contributed by atoms with van der Waals surface area (Å²) in [6, 6.07) is 0.439. The third-order valence-electron chi connectivity index (χ3n) is 2.63. The van der Waals surface area contributed by atoms with Crippen molar-refractivity contribution in [1.82, 2.24) is 4.98 Å². The second-order valence-electron chi connectivity index (χ2n) is 3.80. The molecular weight excluding hydrogens is 228 g/mol. The van der Waals surface area contributed by atoms with Crippen LogP contribution in [0.25, 0.3) is 0 Å². The highest BCUT2D eigenvalue weighted by molar-refractivity contribution is 7.73. The van der Waals surface area contributed by atoms with Crippen molar-refractivity contribution in [2.75, 3.05) is 0 Å². The highest BCUT2D eigenvalue weighted by Crippen LogP contribution is 2.22. The molecule has 2 rings (SSSR count). The number of nitrogens with zero attached hydrogens (tertiary/aromatic N) is 1. The van der Waals surface area contributed by atoms with Crippen molar-refractivity contribution in [3.8, 4) is 5.88 Å². The SMILES string of the molecule is Oc1[nH]c(=S)sc1C=NC1CCCCC1. The summed E-state index contributed by atoms with van der Waals surface area (Å²) in [5.41, 5.74) is 0. The quantitative estimate of drug-likeness (QED) is 0.617. The van der Waals surface area contributed by atoms with Crippen LogP contribution in [0.1, 0.15) is 37.0 Å². The first-order chi connectivity index (χ1) is 7.25. The first kappa shape index (κ1) is 10.8. The lowest BCUT2D eigenvalue weighted by molar-refractivity contribution is 0.443. The van der Waals surface area contributed by atoms with Crippen LogP contribution in [0.15, 0.2) is 4.99 Å². The second kappa shape index (κ2) is 4.90. The fraction of sp³-hybridized carbons (Fsp3) is 0.600. The van der Waals surface area contributed by atoms with Crippen LogP contribution in [0.2, 0.25) is 0 Å². The Bertz CT molecular complexity index is 402. The van der Waals surface area contributed by atoms with E-state index in [1.54, 1.807) is 6.21 Å². The number of thiazole rings is 1. The van der Waals surface area contributed by atoms with Gasteiger partial charge in [0.25, 0.3) is 0 Å². The topological polar surface area (TPSA) is 48.4 Å². The van der Waals surface area contributed by atoms with Crippen molar-refractivity contribution >= 4 is 29.8 Å². The third-order valence-corrected chi connectivity index (χ3v) is 3.79. The van der Waals surface area contributed by atoms with E-state index < -0.39 is 0 Å². The fourth-order valence-electron chi connectivity index (χ4n) is 1.82. The summed E-state index contributed by atoms with van der Waals surface area (Å²) in [5.74, 6) is 0.143. The molecule has 82 valence electrons. The lowest BCUT2D eigenvalue weighted by Crippen LogP contribution is -2.09. The van der Waals surface area contributed by atoms with Gasteiger partial charge in [-0.2, -0.15) is 0 Å². The monoisotopic (exact) mass is 242 g/mol. The van der Waals surface area contributed by atoms with Crippen LogP contribution in [-0.4, -0.2) is 22.3 Å². The largest absolute Gasteiger partial charge is 0.494 e. The average molecular weight is 242 g/mol. The molecule has 1 aliphatic rings. The predicted molar refractivity (Wildman–Crippen MR) is 65.6 cm³/mol. The van der Waals surface area contributed by atoms with Gasteiger partial charge in [0.1, 0.15) is 4.88 Å². The third kappa shape index (κ3) is 2.89. The van der Waals surface area contributed by atoms with E-state index in [9.17, 15) is 5.11 Å². The molecule has 15 heavy (non-hydrogen) atoms. The number of hydrogen-bond acceptors (Lipinski definition) is 4. The number of nitrogens with one attached hydrogen (secondary N) is 1. The van der Waals surface area contributed by atoms with E-state index in [1.807, 2.05) is 0 Å². The highest BCUT2D eigenvalue weighted by Gasteiger charge is 2.11. The molecule has 3 nitrogen and oxygen atoms in total. The molecule has 1 saturated carbocycles. The van der Waals surface area contributed by atoms with Crippen LogP contribution in [-0.2, 0) is 0 Å². The first-order valence-electron chi connectivity index (χ1n) is 5.21. The van der Waals surface area contributed by atoms with Gasteiger partial charge in [0.2, 0.25) is 5.88 Å². The molecule has 0 aromatic carbocycles. The molecule has 0 bridgehead atoms. The van der Waals surface area contributed by atoms with Crippen molar-refractivity contribution in [2.24, 2.45) is 4.99 Å². The Morgan fingerprint density at radius 1 is 1.40 bits per heavy atom. The Morgan fingerprint density at radius 2 is 2.13 bits per heavy atom. The van der Waals surface area contributed by atoms with Crippen LogP contribution < -0.4 is 0 Å². The van der Waals surface area contributed by atoms with Gasteiger partial charge >= 0.3 is 0 Å². The van der Waals surface area contributed by atoms with Crippen LogP contribution in [0.4, 0.5) is 0 Å². The number of aliphatic imine (C=N–C) groups is 1. The maximum atomic E-state index is 9.46. The second-order valence-corrected chi connectivity index (χ2v) is 5.52. The number of aromatic amines is 1. The van der Waals surface area contributed by atoms with Gasteiger partial charge in [-0.15, -0.1) is 0 Å². The van der Waals surface area contributed by atoms with Gasteiger partial charge in [0, 0.05) is 12.3 Å². The molecule has 0 atom stereocenters. The smallest absolute Gasteiger partial charge is 0.209 e. The highest BCUT2D eigenvalue weighted by atomic mass is 32.1. The van der Waals surface area contributed by atoms with Gasteiger partial charge in [-0.05, 0) is 25.1 Å². The molecule has 1 aromatic rings.